The molecule has 1 heterocycles. The smallest absolute Gasteiger partial charge is 0.0951 e. The molecule has 0 saturated carbocycles. The summed E-state index contributed by atoms with van der Waals surface area (Å²) in [5, 5.41) is 0. The van der Waals surface area contributed by atoms with Crippen LogP contribution in [0.1, 0.15) is 25.6 Å². The van der Waals surface area contributed by atoms with E-state index < -0.39 is 0 Å². The van der Waals surface area contributed by atoms with Crippen molar-refractivity contribution in [3.05, 3.63) is 18.2 Å². The molecule has 1 aromatic heterocycles. The van der Waals surface area contributed by atoms with E-state index in [0.29, 0.717) is 18.5 Å². The Balaban J connectivity index is 2.59. The van der Waals surface area contributed by atoms with Crippen LogP contribution in [0.5, 0.6) is 0 Å². The molecule has 0 aliphatic heterocycles. The van der Waals surface area contributed by atoms with Crippen LogP contribution in [0.2, 0.25) is 0 Å². The molecule has 1 atom stereocenters. The van der Waals surface area contributed by atoms with Gasteiger partial charge in [-0.3, -0.25) is 0 Å². The summed E-state index contributed by atoms with van der Waals surface area (Å²) in [6.07, 6.45) is 3.58. The molecule has 0 radical (unpaired) electrons. The monoisotopic (exact) mass is 202 g/mol. The third-order valence-electron chi connectivity index (χ3n) is 1.92. The number of halogens is 1. The lowest BCUT2D eigenvalue weighted by Gasteiger charge is -2.15. The number of aromatic nitrogens is 2. The third-order valence-corrected chi connectivity index (χ3v) is 2.20. The molecule has 1 rings (SSSR count). The summed E-state index contributed by atoms with van der Waals surface area (Å²) in [6.45, 7) is 5.53. The molecular formula is C9H15ClN2O. The second kappa shape index (κ2) is 5.25. The zero-order valence-corrected chi connectivity index (χ0v) is 8.79. The fraction of sp³-hybridized carbons (Fsp3) is 0.667. The van der Waals surface area contributed by atoms with Gasteiger partial charge in [-0.1, -0.05) is 0 Å². The molecule has 0 spiro atoms. The minimum atomic E-state index is 0.302. The highest BCUT2D eigenvalue weighted by molar-refractivity contribution is 6.16. The molecule has 0 bridgehead atoms. The summed E-state index contributed by atoms with van der Waals surface area (Å²) >= 11 is 5.75. The van der Waals surface area contributed by atoms with Crippen molar-refractivity contribution in [3.63, 3.8) is 0 Å². The topological polar surface area (TPSA) is 27.1 Å². The van der Waals surface area contributed by atoms with E-state index in [1.165, 1.54) is 0 Å². The summed E-state index contributed by atoms with van der Waals surface area (Å²) < 4.78 is 7.37. The Morgan fingerprint density at radius 2 is 2.46 bits per heavy atom. The van der Waals surface area contributed by atoms with Crippen LogP contribution in [-0.4, -0.2) is 22.8 Å². The van der Waals surface area contributed by atoms with E-state index in [1.807, 2.05) is 11.5 Å². The largest absolute Gasteiger partial charge is 0.380 e. The zero-order valence-electron chi connectivity index (χ0n) is 8.03. The maximum atomic E-state index is 5.75. The molecule has 0 aliphatic rings. The molecule has 0 aliphatic carbocycles. The molecule has 13 heavy (non-hydrogen) atoms. The van der Waals surface area contributed by atoms with Crippen LogP contribution in [0.4, 0.5) is 0 Å². The predicted octanol–water partition coefficient (Wildman–Crippen LogP) is 2.22. The van der Waals surface area contributed by atoms with Gasteiger partial charge in [0, 0.05) is 12.8 Å². The van der Waals surface area contributed by atoms with E-state index >= 15 is 0 Å². The lowest BCUT2D eigenvalue weighted by atomic mass is 10.3. The Labute approximate surface area is 83.7 Å². The fourth-order valence-corrected chi connectivity index (χ4v) is 1.41. The van der Waals surface area contributed by atoms with Crippen molar-refractivity contribution in [2.24, 2.45) is 0 Å². The molecule has 0 amide bonds. The standard InChI is InChI=1S/C9H15ClN2O/c1-3-13-6-8(2)12-7-11-5-9(12)4-10/h5,7-8H,3-4,6H2,1-2H3. The van der Waals surface area contributed by atoms with Crippen molar-refractivity contribution in [2.75, 3.05) is 13.2 Å². The first-order valence-electron chi connectivity index (χ1n) is 4.44. The van der Waals surface area contributed by atoms with Gasteiger partial charge in [0.25, 0.3) is 0 Å². The second-order valence-electron chi connectivity index (χ2n) is 2.93. The van der Waals surface area contributed by atoms with Crippen LogP contribution in [0.25, 0.3) is 0 Å². The third kappa shape index (κ3) is 2.71. The van der Waals surface area contributed by atoms with Gasteiger partial charge >= 0.3 is 0 Å². The average Bonchev–Trinajstić information content (AvgIpc) is 2.61. The average molecular weight is 203 g/mol. The van der Waals surface area contributed by atoms with Crippen LogP contribution in [0.15, 0.2) is 12.5 Å². The van der Waals surface area contributed by atoms with E-state index in [-0.39, 0.29) is 0 Å². The Morgan fingerprint density at radius 3 is 3.08 bits per heavy atom. The maximum absolute atomic E-state index is 5.75. The first-order chi connectivity index (χ1) is 6.29. The summed E-state index contributed by atoms with van der Waals surface area (Å²) in [6, 6.07) is 0.302. The van der Waals surface area contributed by atoms with Gasteiger partial charge in [-0.2, -0.15) is 0 Å². The molecular weight excluding hydrogens is 188 g/mol. The van der Waals surface area contributed by atoms with Gasteiger partial charge < -0.3 is 9.30 Å². The molecule has 3 nitrogen and oxygen atoms in total. The molecule has 0 aromatic carbocycles. The normalized spacial score (nSPS) is 13.2. The fourth-order valence-electron chi connectivity index (χ4n) is 1.20. The highest BCUT2D eigenvalue weighted by Crippen LogP contribution is 2.11. The van der Waals surface area contributed by atoms with Crippen LogP contribution in [-0.2, 0) is 10.6 Å². The molecule has 0 N–H and O–H groups in total. The Kier molecular flexibility index (Phi) is 4.25. The van der Waals surface area contributed by atoms with Crippen LogP contribution in [0.3, 0.4) is 0 Å². The highest BCUT2D eigenvalue weighted by Gasteiger charge is 2.07. The van der Waals surface area contributed by atoms with Crippen LogP contribution in [0, 0.1) is 0 Å². The molecule has 74 valence electrons. The van der Waals surface area contributed by atoms with Gasteiger partial charge in [0.1, 0.15) is 0 Å². The minimum absolute atomic E-state index is 0.302. The molecule has 4 heteroatoms. The van der Waals surface area contributed by atoms with E-state index in [4.69, 9.17) is 16.3 Å². The Bertz CT molecular complexity index is 250. The number of hydrogen-bond donors (Lipinski definition) is 0. The Hall–Kier alpha value is -0.540. The van der Waals surface area contributed by atoms with Crippen molar-refractivity contribution in [3.8, 4) is 0 Å². The Morgan fingerprint density at radius 1 is 1.69 bits per heavy atom. The first kappa shape index (κ1) is 10.5. The van der Waals surface area contributed by atoms with Crippen molar-refractivity contribution in [2.45, 2.75) is 25.8 Å². The minimum Gasteiger partial charge on any atom is -0.380 e. The molecule has 1 aromatic rings. The summed E-state index contributed by atoms with van der Waals surface area (Å²) in [7, 11) is 0. The quantitative estimate of drug-likeness (QED) is 0.685. The zero-order chi connectivity index (χ0) is 9.68. The molecule has 0 saturated heterocycles. The van der Waals surface area contributed by atoms with Gasteiger partial charge in [0.2, 0.25) is 0 Å². The van der Waals surface area contributed by atoms with Gasteiger partial charge in [-0.15, -0.1) is 11.6 Å². The van der Waals surface area contributed by atoms with Gasteiger partial charge in [-0.25, -0.2) is 4.98 Å². The van der Waals surface area contributed by atoms with Crippen molar-refractivity contribution in [1.29, 1.82) is 0 Å². The first-order valence-corrected chi connectivity index (χ1v) is 4.97. The lowest BCUT2D eigenvalue weighted by molar-refractivity contribution is 0.118. The number of nitrogens with zero attached hydrogens (tertiary/aromatic N) is 2. The van der Waals surface area contributed by atoms with E-state index in [9.17, 15) is 0 Å². The number of imidazole rings is 1. The van der Waals surface area contributed by atoms with Crippen molar-refractivity contribution >= 4 is 11.6 Å². The SMILES string of the molecule is CCOCC(C)n1cncc1CCl. The van der Waals surface area contributed by atoms with E-state index in [2.05, 4.69) is 11.9 Å². The highest BCUT2D eigenvalue weighted by atomic mass is 35.5. The van der Waals surface area contributed by atoms with E-state index in [0.717, 1.165) is 12.3 Å². The van der Waals surface area contributed by atoms with E-state index in [1.54, 1.807) is 12.5 Å². The number of hydrogen-bond acceptors (Lipinski definition) is 2. The van der Waals surface area contributed by atoms with Gasteiger partial charge in [0.05, 0.1) is 30.5 Å². The van der Waals surface area contributed by atoms with Gasteiger partial charge in [-0.05, 0) is 13.8 Å². The number of ether oxygens (including phenoxy) is 1. The van der Waals surface area contributed by atoms with Gasteiger partial charge in [0.15, 0.2) is 0 Å². The summed E-state index contributed by atoms with van der Waals surface area (Å²) in [5.41, 5.74) is 1.04. The maximum Gasteiger partial charge on any atom is 0.0951 e. The lowest BCUT2D eigenvalue weighted by Crippen LogP contribution is -2.13. The van der Waals surface area contributed by atoms with Crippen molar-refractivity contribution < 1.29 is 4.74 Å². The number of alkyl halides is 1. The van der Waals surface area contributed by atoms with Crippen LogP contribution >= 0.6 is 11.6 Å². The summed E-state index contributed by atoms with van der Waals surface area (Å²) in [5.74, 6) is 0.496. The van der Waals surface area contributed by atoms with Crippen molar-refractivity contribution in [1.82, 2.24) is 9.55 Å². The second-order valence-corrected chi connectivity index (χ2v) is 3.20. The van der Waals surface area contributed by atoms with Crippen LogP contribution < -0.4 is 0 Å². The molecule has 1 unspecified atom stereocenters. The molecule has 0 fully saturated rings. The summed E-state index contributed by atoms with van der Waals surface area (Å²) in [4.78, 5) is 4.05. The predicted molar refractivity (Wildman–Crippen MR) is 53.0 cm³/mol. The number of rotatable bonds is 5.